The summed E-state index contributed by atoms with van der Waals surface area (Å²) >= 11 is 0. The molecule has 3 heterocycles. The number of amides is 1. The van der Waals surface area contributed by atoms with Gasteiger partial charge in [-0.3, -0.25) is 4.79 Å². The van der Waals surface area contributed by atoms with Crippen LogP contribution in [-0.2, 0) is 0 Å². The van der Waals surface area contributed by atoms with Crippen molar-refractivity contribution in [3.8, 4) is 11.7 Å². The highest BCUT2D eigenvalue weighted by atomic mass is 19.1. The van der Waals surface area contributed by atoms with Gasteiger partial charge in [0.25, 0.3) is 11.9 Å². The van der Waals surface area contributed by atoms with Crippen molar-refractivity contribution in [2.45, 2.75) is 37.4 Å². The smallest absolute Gasteiger partial charge is 0.290 e. The van der Waals surface area contributed by atoms with Crippen molar-refractivity contribution in [1.29, 1.82) is 0 Å². The molecule has 1 aromatic carbocycles. The number of benzene rings is 1. The highest BCUT2D eigenvalue weighted by Gasteiger charge is 2.39. The fraction of sp³-hybridized carbons (Fsp3) is 0.353. The van der Waals surface area contributed by atoms with E-state index in [-0.39, 0.29) is 23.7 Å². The number of halogens is 1. The minimum Gasteiger partial charge on any atom is -0.426 e. The van der Waals surface area contributed by atoms with Gasteiger partial charge in [0.2, 0.25) is 0 Å². The zero-order valence-corrected chi connectivity index (χ0v) is 12.4. The highest BCUT2D eigenvalue weighted by Crippen LogP contribution is 2.29. The Morgan fingerprint density at radius 1 is 1.30 bits per heavy atom. The number of carbonyl (C=O) groups excluding carboxylic acids is 1. The van der Waals surface area contributed by atoms with Gasteiger partial charge in [0, 0.05) is 30.3 Å². The minimum absolute atomic E-state index is 0.152. The van der Waals surface area contributed by atoms with Crippen molar-refractivity contribution < 1.29 is 18.3 Å². The number of nitrogens with one attached hydrogen (secondary N) is 2. The van der Waals surface area contributed by atoms with E-state index in [1.807, 2.05) is 0 Å². The molecule has 0 spiro atoms. The largest absolute Gasteiger partial charge is 0.426 e. The number of furan rings is 1. The maximum Gasteiger partial charge on any atom is 0.290 e. The standard InChI is InChI=1S/C17H17FN2O3/c18-10-2-1-3-12(8-10)22-16-7-6-15(23-16)17(21)20-14-9-11-4-5-13(14)19-11/h1-3,6-8,11,13-14,19H,4-5,9H2,(H,20,21)/t11-,13+,14-/m1/s1. The van der Waals surface area contributed by atoms with Gasteiger partial charge in [-0.2, -0.15) is 0 Å². The Kier molecular flexibility index (Phi) is 3.53. The summed E-state index contributed by atoms with van der Waals surface area (Å²) < 4.78 is 23.9. The molecule has 0 aliphatic carbocycles. The maximum atomic E-state index is 13.1. The molecule has 3 atom stereocenters. The molecule has 0 unspecified atom stereocenters. The maximum absolute atomic E-state index is 13.1. The lowest BCUT2D eigenvalue weighted by atomic mass is 9.95. The first-order valence-electron chi connectivity index (χ1n) is 7.77. The van der Waals surface area contributed by atoms with Crippen LogP contribution < -0.4 is 15.4 Å². The van der Waals surface area contributed by atoms with Crippen LogP contribution in [0.15, 0.2) is 40.8 Å². The third-order valence-corrected chi connectivity index (χ3v) is 4.44. The van der Waals surface area contributed by atoms with E-state index < -0.39 is 5.82 Å². The van der Waals surface area contributed by atoms with E-state index in [1.54, 1.807) is 24.3 Å². The number of ether oxygens (including phenoxy) is 1. The molecule has 23 heavy (non-hydrogen) atoms. The average molecular weight is 316 g/mol. The Labute approximate surface area is 132 Å². The molecule has 1 amide bonds. The lowest BCUT2D eigenvalue weighted by molar-refractivity contribution is 0.0898. The zero-order valence-electron chi connectivity index (χ0n) is 12.4. The first kappa shape index (κ1) is 14.3. The SMILES string of the molecule is O=C(N[C@@H]1C[C@H]2CC[C@@H]1N2)c1ccc(Oc2cccc(F)c2)o1. The van der Waals surface area contributed by atoms with Crippen molar-refractivity contribution in [2.75, 3.05) is 0 Å². The van der Waals surface area contributed by atoms with Crippen LogP contribution in [0.3, 0.4) is 0 Å². The predicted molar refractivity (Wildman–Crippen MR) is 81.0 cm³/mol. The van der Waals surface area contributed by atoms with E-state index in [1.165, 1.54) is 18.6 Å². The minimum atomic E-state index is -0.393. The third kappa shape index (κ3) is 2.94. The topological polar surface area (TPSA) is 63.5 Å². The van der Waals surface area contributed by atoms with Crippen molar-refractivity contribution in [3.05, 3.63) is 48.0 Å². The van der Waals surface area contributed by atoms with Gasteiger partial charge in [0.15, 0.2) is 5.76 Å². The summed E-state index contributed by atoms with van der Waals surface area (Å²) in [6, 6.07) is 9.90. The number of hydrogen-bond donors (Lipinski definition) is 2. The monoisotopic (exact) mass is 316 g/mol. The van der Waals surface area contributed by atoms with Gasteiger partial charge in [-0.25, -0.2) is 4.39 Å². The van der Waals surface area contributed by atoms with E-state index in [9.17, 15) is 9.18 Å². The molecular weight excluding hydrogens is 299 g/mol. The van der Waals surface area contributed by atoms with E-state index in [0.29, 0.717) is 17.8 Å². The van der Waals surface area contributed by atoms with Crippen molar-refractivity contribution in [1.82, 2.24) is 10.6 Å². The Morgan fingerprint density at radius 2 is 2.22 bits per heavy atom. The number of hydrogen-bond acceptors (Lipinski definition) is 4. The van der Waals surface area contributed by atoms with Gasteiger partial charge >= 0.3 is 0 Å². The van der Waals surface area contributed by atoms with Gasteiger partial charge in [-0.05, 0) is 37.5 Å². The van der Waals surface area contributed by atoms with Crippen LogP contribution in [0.25, 0.3) is 0 Å². The number of fused-ring (bicyclic) bond motifs is 2. The van der Waals surface area contributed by atoms with Crippen LogP contribution in [0, 0.1) is 5.82 Å². The van der Waals surface area contributed by atoms with Crippen LogP contribution in [0.4, 0.5) is 4.39 Å². The van der Waals surface area contributed by atoms with Gasteiger partial charge in [0.1, 0.15) is 11.6 Å². The summed E-state index contributed by atoms with van der Waals surface area (Å²) in [6.45, 7) is 0. The van der Waals surface area contributed by atoms with E-state index >= 15 is 0 Å². The molecule has 2 aliphatic heterocycles. The Bertz CT molecular complexity index is 730. The lowest BCUT2D eigenvalue weighted by Gasteiger charge is -2.20. The first-order chi connectivity index (χ1) is 11.2. The van der Waals surface area contributed by atoms with E-state index in [2.05, 4.69) is 10.6 Å². The molecule has 4 rings (SSSR count). The molecule has 2 aromatic rings. The summed E-state index contributed by atoms with van der Waals surface area (Å²) in [6.07, 6.45) is 3.24. The van der Waals surface area contributed by atoms with Gasteiger partial charge in [-0.1, -0.05) is 6.07 Å². The molecule has 6 heteroatoms. The van der Waals surface area contributed by atoms with Gasteiger partial charge in [-0.15, -0.1) is 0 Å². The molecule has 5 nitrogen and oxygen atoms in total. The molecule has 1 aromatic heterocycles. The molecule has 2 N–H and O–H groups in total. The molecule has 2 aliphatic rings. The van der Waals surface area contributed by atoms with Crippen LogP contribution in [-0.4, -0.2) is 24.0 Å². The Hall–Kier alpha value is -2.34. The Morgan fingerprint density at radius 3 is 2.96 bits per heavy atom. The fourth-order valence-corrected chi connectivity index (χ4v) is 3.37. The Balaban J connectivity index is 1.40. The number of rotatable bonds is 4. The van der Waals surface area contributed by atoms with Gasteiger partial charge in [0.05, 0.1) is 0 Å². The number of carbonyl (C=O) groups is 1. The average Bonchev–Trinajstić information content (AvgIpc) is 3.23. The lowest BCUT2D eigenvalue weighted by Crippen LogP contribution is -2.42. The molecule has 0 saturated carbocycles. The molecular formula is C17H17FN2O3. The van der Waals surface area contributed by atoms with Crippen LogP contribution >= 0.6 is 0 Å². The fourth-order valence-electron chi connectivity index (χ4n) is 3.37. The van der Waals surface area contributed by atoms with Crippen LogP contribution in [0.2, 0.25) is 0 Å². The second-order valence-corrected chi connectivity index (χ2v) is 6.04. The summed E-state index contributed by atoms with van der Waals surface area (Å²) in [5, 5.41) is 6.47. The van der Waals surface area contributed by atoms with Crippen LogP contribution in [0.1, 0.15) is 29.8 Å². The zero-order chi connectivity index (χ0) is 15.8. The third-order valence-electron chi connectivity index (χ3n) is 4.44. The summed E-state index contributed by atoms with van der Waals surface area (Å²) in [5.74, 6) is 0.0313. The van der Waals surface area contributed by atoms with Crippen LogP contribution in [0.5, 0.6) is 11.7 Å². The van der Waals surface area contributed by atoms with Gasteiger partial charge < -0.3 is 19.8 Å². The second-order valence-electron chi connectivity index (χ2n) is 6.04. The molecule has 120 valence electrons. The van der Waals surface area contributed by atoms with Crippen molar-refractivity contribution in [3.63, 3.8) is 0 Å². The van der Waals surface area contributed by atoms with Crippen molar-refractivity contribution in [2.24, 2.45) is 0 Å². The quantitative estimate of drug-likeness (QED) is 0.910. The molecule has 2 saturated heterocycles. The van der Waals surface area contributed by atoms with Crippen molar-refractivity contribution >= 4 is 5.91 Å². The highest BCUT2D eigenvalue weighted by molar-refractivity contribution is 5.91. The normalized spacial score (nSPS) is 25.5. The summed E-state index contributed by atoms with van der Waals surface area (Å²) in [4.78, 5) is 12.2. The molecule has 2 fully saturated rings. The first-order valence-corrected chi connectivity index (χ1v) is 7.77. The predicted octanol–water partition coefficient (Wildman–Crippen LogP) is 2.83. The van der Waals surface area contributed by atoms with E-state index in [0.717, 1.165) is 12.8 Å². The second kappa shape index (κ2) is 5.70. The molecule has 2 bridgehead atoms. The molecule has 0 radical (unpaired) electrons. The summed E-state index contributed by atoms with van der Waals surface area (Å²) in [7, 11) is 0. The van der Waals surface area contributed by atoms with E-state index in [4.69, 9.17) is 9.15 Å². The summed E-state index contributed by atoms with van der Waals surface area (Å²) in [5.41, 5.74) is 0.